The van der Waals surface area contributed by atoms with E-state index in [4.69, 9.17) is 0 Å². The molecule has 0 amide bonds. The van der Waals surface area contributed by atoms with E-state index < -0.39 is 0 Å². The van der Waals surface area contributed by atoms with Crippen molar-refractivity contribution in [2.45, 2.75) is 71.6 Å². The van der Waals surface area contributed by atoms with Crippen molar-refractivity contribution in [2.24, 2.45) is 5.92 Å². The fourth-order valence-electron chi connectivity index (χ4n) is 2.08. The van der Waals surface area contributed by atoms with Crippen molar-refractivity contribution in [1.29, 1.82) is 0 Å². The smallest absolute Gasteiger partial charge is 0.00262 e. The molecule has 0 spiro atoms. The van der Waals surface area contributed by atoms with Gasteiger partial charge in [-0.25, -0.2) is 0 Å². The van der Waals surface area contributed by atoms with E-state index in [1.54, 1.807) is 0 Å². The second-order valence-corrected chi connectivity index (χ2v) is 4.93. The summed E-state index contributed by atoms with van der Waals surface area (Å²) >= 11 is 0. The Balaban J connectivity index is 2.98. The lowest BCUT2D eigenvalue weighted by molar-refractivity contribution is 0.464. The number of hydrogen-bond acceptors (Lipinski definition) is 1. The Morgan fingerprint density at radius 3 is 1.93 bits per heavy atom. The summed E-state index contributed by atoms with van der Waals surface area (Å²) in [4.78, 5) is 0. The molecule has 0 heterocycles. The first-order valence-electron chi connectivity index (χ1n) is 6.95. The van der Waals surface area contributed by atoms with Crippen LogP contribution in [0.15, 0.2) is 0 Å². The molecule has 0 fully saturated rings. The van der Waals surface area contributed by atoms with Gasteiger partial charge in [0.25, 0.3) is 0 Å². The highest BCUT2D eigenvalue weighted by Gasteiger charge is 1.99. The third-order valence-corrected chi connectivity index (χ3v) is 3.10. The van der Waals surface area contributed by atoms with Crippen LogP contribution in [-0.4, -0.2) is 13.6 Å². The van der Waals surface area contributed by atoms with Crippen molar-refractivity contribution in [1.82, 2.24) is 5.32 Å². The van der Waals surface area contributed by atoms with Gasteiger partial charge in [-0.3, -0.25) is 0 Å². The van der Waals surface area contributed by atoms with Crippen molar-refractivity contribution < 1.29 is 0 Å². The van der Waals surface area contributed by atoms with Crippen LogP contribution in [0.1, 0.15) is 71.6 Å². The van der Waals surface area contributed by atoms with Crippen LogP contribution in [0.4, 0.5) is 0 Å². The normalized spacial score (nSPS) is 13.0. The summed E-state index contributed by atoms with van der Waals surface area (Å²) in [6, 6.07) is 0. The molecular weight excluding hydrogens is 182 g/mol. The molecular formula is C14H31N. The van der Waals surface area contributed by atoms with E-state index in [2.05, 4.69) is 19.2 Å². The first-order chi connectivity index (χ1) is 7.31. The van der Waals surface area contributed by atoms with Crippen LogP contribution in [0.2, 0.25) is 0 Å². The average molecular weight is 213 g/mol. The summed E-state index contributed by atoms with van der Waals surface area (Å²) in [5, 5.41) is 3.24. The van der Waals surface area contributed by atoms with Crippen molar-refractivity contribution >= 4 is 0 Å². The Labute approximate surface area is 97.0 Å². The minimum absolute atomic E-state index is 0.857. The summed E-state index contributed by atoms with van der Waals surface area (Å²) in [6.07, 6.45) is 12.9. The van der Waals surface area contributed by atoms with Gasteiger partial charge >= 0.3 is 0 Å². The van der Waals surface area contributed by atoms with Gasteiger partial charge in [-0.2, -0.15) is 0 Å². The van der Waals surface area contributed by atoms with Crippen molar-refractivity contribution in [3.05, 3.63) is 0 Å². The monoisotopic (exact) mass is 213 g/mol. The molecule has 0 bridgehead atoms. The maximum Gasteiger partial charge on any atom is -0.00262 e. The van der Waals surface area contributed by atoms with Gasteiger partial charge in [-0.1, -0.05) is 65.2 Å². The summed E-state index contributed by atoms with van der Waals surface area (Å²) in [7, 11) is 2.05. The third kappa shape index (κ3) is 11.9. The van der Waals surface area contributed by atoms with Gasteiger partial charge in [0.2, 0.25) is 0 Å². The quantitative estimate of drug-likeness (QED) is 0.502. The van der Waals surface area contributed by atoms with Gasteiger partial charge in [0, 0.05) is 0 Å². The second kappa shape index (κ2) is 12.0. The van der Waals surface area contributed by atoms with E-state index >= 15 is 0 Å². The molecule has 0 aliphatic rings. The molecule has 0 aromatic heterocycles. The molecule has 1 nitrogen and oxygen atoms in total. The predicted molar refractivity (Wildman–Crippen MR) is 70.3 cm³/mol. The molecule has 0 saturated heterocycles. The second-order valence-electron chi connectivity index (χ2n) is 4.93. The molecule has 0 aliphatic carbocycles. The number of unbranched alkanes of at least 4 members (excludes halogenated alkanes) is 7. The Morgan fingerprint density at radius 1 is 0.867 bits per heavy atom. The first kappa shape index (κ1) is 15.0. The topological polar surface area (TPSA) is 12.0 Å². The number of rotatable bonds is 11. The van der Waals surface area contributed by atoms with Gasteiger partial charge in [0.1, 0.15) is 0 Å². The van der Waals surface area contributed by atoms with Gasteiger partial charge in [-0.15, -0.1) is 0 Å². The Bertz CT molecular complexity index is 112. The summed E-state index contributed by atoms with van der Waals surface area (Å²) in [5.41, 5.74) is 0. The van der Waals surface area contributed by atoms with E-state index in [1.165, 1.54) is 64.3 Å². The largest absolute Gasteiger partial charge is 0.319 e. The highest BCUT2D eigenvalue weighted by Crippen LogP contribution is 2.12. The maximum absolute atomic E-state index is 3.24. The minimum Gasteiger partial charge on any atom is -0.319 e. The standard InChI is InChI=1S/C14H31N/c1-4-5-6-7-8-9-10-11-12-14(2)13-15-3/h14-15H,4-13H2,1-3H3. The van der Waals surface area contributed by atoms with Crippen molar-refractivity contribution in [3.8, 4) is 0 Å². The molecule has 0 aromatic rings. The maximum atomic E-state index is 3.24. The average Bonchev–Trinajstić information content (AvgIpc) is 2.22. The van der Waals surface area contributed by atoms with Crippen LogP contribution in [0, 0.1) is 5.92 Å². The van der Waals surface area contributed by atoms with E-state index in [0.717, 1.165) is 5.92 Å². The minimum atomic E-state index is 0.857. The number of nitrogens with one attached hydrogen (secondary N) is 1. The van der Waals surface area contributed by atoms with Gasteiger partial charge in [0.15, 0.2) is 0 Å². The van der Waals surface area contributed by atoms with E-state index in [0.29, 0.717) is 0 Å². The fourth-order valence-corrected chi connectivity index (χ4v) is 2.08. The summed E-state index contributed by atoms with van der Waals surface area (Å²) in [6.45, 7) is 5.80. The molecule has 15 heavy (non-hydrogen) atoms. The number of hydrogen-bond donors (Lipinski definition) is 1. The zero-order valence-corrected chi connectivity index (χ0v) is 11.1. The highest BCUT2D eigenvalue weighted by molar-refractivity contribution is 4.55. The SMILES string of the molecule is CCCCCCCCCCC(C)CNC. The fraction of sp³-hybridized carbons (Fsp3) is 1.00. The molecule has 1 heteroatoms. The molecule has 0 radical (unpaired) electrons. The molecule has 0 rings (SSSR count). The lowest BCUT2D eigenvalue weighted by Gasteiger charge is -2.09. The zero-order valence-electron chi connectivity index (χ0n) is 11.1. The highest BCUT2D eigenvalue weighted by atomic mass is 14.8. The van der Waals surface area contributed by atoms with Gasteiger partial charge in [0.05, 0.1) is 0 Å². The van der Waals surface area contributed by atoms with Gasteiger partial charge < -0.3 is 5.32 Å². The van der Waals surface area contributed by atoms with E-state index in [9.17, 15) is 0 Å². The molecule has 92 valence electrons. The van der Waals surface area contributed by atoms with Crippen molar-refractivity contribution in [2.75, 3.05) is 13.6 Å². The Hall–Kier alpha value is -0.0400. The van der Waals surface area contributed by atoms with Crippen molar-refractivity contribution in [3.63, 3.8) is 0 Å². The molecule has 0 aliphatic heterocycles. The van der Waals surface area contributed by atoms with E-state index in [-0.39, 0.29) is 0 Å². The van der Waals surface area contributed by atoms with Crippen LogP contribution in [0.25, 0.3) is 0 Å². The molecule has 1 N–H and O–H groups in total. The van der Waals surface area contributed by atoms with Gasteiger partial charge in [-0.05, 0) is 25.9 Å². The van der Waals surface area contributed by atoms with Crippen LogP contribution in [0.3, 0.4) is 0 Å². The third-order valence-electron chi connectivity index (χ3n) is 3.10. The Kier molecular flexibility index (Phi) is 12.0. The lowest BCUT2D eigenvalue weighted by Crippen LogP contribution is -2.15. The van der Waals surface area contributed by atoms with Crippen LogP contribution in [-0.2, 0) is 0 Å². The first-order valence-corrected chi connectivity index (χ1v) is 6.95. The van der Waals surface area contributed by atoms with Crippen LogP contribution >= 0.6 is 0 Å². The van der Waals surface area contributed by atoms with E-state index in [1.807, 2.05) is 7.05 Å². The molecule has 1 atom stereocenters. The van der Waals surface area contributed by atoms with Crippen LogP contribution in [0.5, 0.6) is 0 Å². The van der Waals surface area contributed by atoms with Crippen LogP contribution < -0.4 is 5.32 Å². The molecule has 0 saturated carbocycles. The molecule has 1 unspecified atom stereocenters. The zero-order chi connectivity index (χ0) is 11.4. The summed E-state index contributed by atoms with van der Waals surface area (Å²) in [5.74, 6) is 0.857. The Morgan fingerprint density at radius 2 is 1.40 bits per heavy atom. The summed E-state index contributed by atoms with van der Waals surface area (Å²) < 4.78 is 0. The molecule has 0 aromatic carbocycles. The lowest BCUT2D eigenvalue weighted by atomic mass is 10.0. The predicted octanol–water partition coefficient (Wildman–Crippen LogP) is 4.37.